The molecule has 1 aromatic carbocycles. The van der Waals surface area contributed by atoms with E-state index in [0.29, 0.717) is 11.4 Å². The Morgan fingerprint density at radius 2 is 1.95 bits per heavy atom. The molecule has 0 spiro atoms. The summed E-state index contributed by atoms with van der Waals surface area (Å²) in [6.07, 6.45) is 5.10. The number of fused-ring (bicyclic) bond motifs is 3. The van der Waals surface area contributed by atoms with Gasteiger partial charge in [-0.05, 0) is 48.9 Å². The molecule has 5 heteroatoms. The number of nitrogens with zero attached hydrogens (tertiary/aromatic N) is 1. The second kappa shape index (κ2) is 5.52. The number of thiophene rings is 1. The zero-order chi connectivity index (χ0) is 15.1. The van der Waals surface area contributed by atoms with Gasteiger partial charge in [0.15, 0.2) is 0 Å². The Balaban J connectivity index is 1.77. The van der Waals surface area contributed by atoms with Crippen LogP contribution in [0.25, 0.3) is 10.2 Å². The SMILES string of the molecule is O=c1[nH]c(Cc2ccc(Cl)cc2)nc2sc3c(c12)CCCC3. The molecule has 0 unspecified atom stereocenters. The zero-order valence-corrected chi connectivity index (χ0v) is 13.6. The maximum Gasteiger partial charge on any atom is 0.259 e. The summed E-state index contributed by atoms with van der Waals surface area (Å²) in [6.45, 7) is 0. The van der Waals surface area contributed by atoms with Gasteiger partial charge in [-0.2, -0.15) is 0 Å². The van der Waals surface area contributed by atoms with Gasteiger partial charge in [0.2, 0.25) is 0 Å². The van der Waals surface area contributed by atoms with Gasteiger partial charge in [-0.3, -0.25) is 4.79 Å². The number of benzene rings is 1. The normalized spacial score (nSPS) is 14.2. The lowest BCUT2D eigenvalue weighted by Gasteiger charge is -2.09. The van der Waals surface area contributed by atoms with E-state index in [4.69, 9.17) is 11.6 Å². The van der Waals surface area contributed by atoms with Crippen molar-refractivity contribution in [2.45, 2.75) is 32.1 Å². The van der Waals surface area contributed by atoms with E-state index in [1.165, 1.54) is 23.3 Å². The number of aromatic nitrogens is 2. The predicted molar refractivity (Wildman–Crippen MR) is 91.1 cm³/mol. The second-order valence-electron chi connectivity index (χ2n) is 5.71. The van der Waals surface area contributed by atoms with E-state index in [1.54, 1.807) is 11.3 Å². The molecule has 2 aromatic heterocycles. The molecule has 22 heavy (non-hydrogen) atoms. The number of nitrogens with one attached hydrogen (secondary N) is 1. The third-order valence-corrected chi connectivity index (χ3v) is 5.60. The van der Waals surface area contributed by atoms with E-state index >= 15 is 0 Å². The Morgan fingerprint density at radius 1 is 1.18 bits per heavy atom. The Labute approximate surface area is 137 Å². The van der Waals surface area contributed by atoms with Gasteiger partial charge in [0.25, 0.3) is 5.56 Å². The molecule has 3 aromatic rings. The summed E-state index contributed by atoms with van der Waals surface area (Å²) in [7, 11) is 0. The molecule has 0 amide bonds. The van der Waals surface area contributed by atoms with Crippen molar-refractivity contribution in [3.8, 4) is 0 Å². The Morgan fingerprint density at radius 3 is 2.77 bits per heavy atom. The van der Waals surface area contributed by atoms with Crippen molar-refractivity contribution in [3.05, 3.63) is 61.5 Å². The molecule has 0 bridgehead atoms. The monoisotopic (exact) mass is 330 g/mol. The zero-order valence-electron chi connectivity index (χ0n) is 12.0. The molecule has 0 radical (unpaired) electrons. The largest absolute Gasteiger partial charge is 0.310 e. The number of rotatable bonds is 2. The van der Waals surface area contributed by atoms with E-state index in [1.807, 2.05) is 24.3 Å². The number of hydrogen-bond acceptors (Lipinski definition) is 3. The highest BCUT2D eigenvalue weighted by Gasteiger charge is 2.19. The minimum Gasteiger partial charge on any atom is -0.310 e. The van der Waals surface area contributed by atoms with Gasteiger partial charge in [0.1, 0.15) is 10.7 Å². The lowest BCUT2D eigenvalue weighted by molar-refractivity contribution is 0.700. The maximum atomic E-state index is 12.5. The summed E-state index contributed by atoms with van der Waals surface area (Å²) in [5, 5.41) is 1.53. The highest BCUT2D eigenvalue weighted by Crippen LogP contribution is 2.33. The van der Waals surface area contributed by atoms with Crippen LogP contribution in [0.1, 0.15) is 34.7 Å². The number of H-pyrrole nitrogens is 1. The topological polar surface area (TPSA) is 45.8 Å². The molecule has 0 atom stereocenters. The highest BCUT2D eigenvalue weighted by molar-refractivity contribution is 7.18. The van der Waals surface area contributed by atoms with Gasteiger partial charge in [-0.1, -0.05) is 23.7 Å². The van der Waals surface area contributed by atoms with Crippen LogP contribution in [0.2, 0.25) is 5.02 Å². The van der Waals surface area contributed by atoms with Gasteiger partial charge >= 0.3 is 0 Å². The molecule has 2 heterocycles. The molecular formula is C17H15ClN2OS. The number of hydrogen-bond donors (Lipinski definition) is 1. The third kappa shape index (κ3) is 2.46. The van der Waals surface area contributed by atoms with Gasteiger partial charge in [-0.25, -0.2) is 4.98 Å². The lowest BCUT2D eigenvalue weighted by Crippen LogP contribution is -2.13. The fourth-order valence-corrected chi connectivity index (χ4v) is 4.49. The van der Waals surface area contributed by atoms with Crippen molar-refractivity contribution in [2.24, 2.45) is 0 Å². The van der Waals surface area contributed by atoms with Crippen LogP contribution in [0.4, 0.5) is 0 Å². The van der Waals surface area contributed by atoms with Crippen molar-refractivity contribution in [1.29, 1.82) is 0 Å². The summed E-state index contributed by atoms with van der Waals surface area (Å²) >= 11 is 7.59. The molecule has 112 valence electrons. The highest BCUT2D eigenvalue weighted by atomic mass is 35.5. The van der Waals surface area contributed by atoms with Crippen LogP contribution in [0, 0.1) is 0 Å². The van der Waals surface area contributed by atoms with Gasteiger partial charge < -0.3 is 4.98 Å². The predicted octanol–water partition coefficient (Wildman–Crippen LogP) is 4.11. The van der Waals surface area contributed by atoms with Crippen molar-refractivity contribution >= 4 is 33.2 Å². The summed E-state index contributed by atoms with van der Waals surface area (Å²) in [4.78, 5) is 22.4. The third-order valence-electron chi connectivity index (χ3n) is 4.16. The van der Waals surface area contributed by atoms with Crippen molar-refractivity contribution in [1.82, 2.24) is 9.97 Å². The standard InChI is InChI=1S/C17H15ClN2OS/c18-11-7-5-10(6-8-11)9-14-19-16(21)15-12-3-1-2-4-13(12)22-17(15)20-14/h5-8H,1-4,9H2,(H,19,20,21). The average molecular weight is 331 g/mol. The van der Waals surface area contributed by atoms with E-state index in [2.05, 4.69) is 9.97 Å². The molecule has 1 N–H and O–H groups in total. The first-order valence-corrected chi connectivity index (χ1v) is 8.68. The number of halogens is 1. The summed E-state index contributed by atoms with van der Waals surface area (Å²) in [5.74, 6) is 0.721. The summed E-state index contributed by atoms with van der Waals surface area (Å²) in [5.41, 5.74) is 2.33. The maximum absolute atomic E-state index is 12.5. The van der Waals surface area contributed by atoms with Gasteiger partial charge in [0.05, 0.1) is 5.39 Å². The molecular weight excluding hydrogens is 316 g/mol. The molecule has 0 saturated heterocycles. The first-order valence-electron chi connectivity index (χ1n) is 7.48. The number of aromatic amines is 1. The quantitative estimate of drug-likeness (QED) is 0.768. The van der Waals surface area contributed by atoms with Crippen LogP contribution >= 0.6 is 22.9 Å². The fraction of sp³-hybridized carbons (Fsp3) is 0.294. The smallest absolute Gasteiger partial charge is 0.259 e. The van der Waals surface area contributed by atoms with Gasteiger partial charge in [-0.15, -0.1) is 11.3 Å². The Bertz CT molecular complexity index is 895. The van der Waals surface area contributed by atoms with Crippen LogP contribution in [-0.4, -0.2) is 9.97 Å². The minimum absolute atomic E-state index is 0.00774. The van der Waals surface area contributed by atoms with E-state index in [-0.39, 0.29) is 5.56 Å². The van der Waals surface area contributed by atoms with Crippen molar-refractivity contribution in [3.63, 3.8) is 0 Å². The molecule has 0 saturated carbocycles. The second-order valence-corrected chi connectivity index (χ2v) is 7.23. The van der Waals surface area contributed by atoms with Crippen molar-refractivity contribution in [2.75, 3.05) is 0 Å². The fourth-order valence-electron chi connectivity index (χ4n) is 3.09. The van der Waals surface area contributed by atoms with E-state index < -0.39 is 0 Å². The molecule has 0 aliphatic heterocycles. The van der Waals surface area contributed by atoms with Crippen LogP contribution in [-0.2, 0) is 19.3 Å². The molecule has 1 aliphatic rings. The first-order chi connectivity index (χ1) is 10.7. The molecule has 4 rings (SSSR count). The Hall–Kier alpha value is -1.65. The Kier molecular flexibility index (Phi) is 3.51. The first kappa shape index (κ1) is 14.0. The van der Waals surface area contributed by atoms with Gasteiger partial charge in [0, 0.05) is 16.3 Å². The van der Waals surface area contributed by atoms with Crippen LogP contribution in [0.3, 0.4) is 0 Å². The molecule has 3 nitrogen and oxygen atoms in total. The number of aryl methyl sites for hydroxylation is 2. The minimum atomic E-state index is 0.00774. The summed E-state index contributed by atoms with van der Waals surface area (Å²) in [6, 6.07) is 7.65. The van der Waals surface area contributed by atoms with Crippen molar-refractivity contribution < 1.29 is 0 Å². The van der Waals surface area contributed by atoms with E-state index in [9.17, 15) is 4.79 Å². The summed E-state index contributed by atoms with van der Waals surface area (Å²) < 4.78 is 0. The lowest BCUT2D eigenvalue weighted by atomic mass is 9.97. The van der Waals surface area contributed by atoms with Crippen LogP contribution < -0.4 is 5.56 Å². The average Bonchev–Trinajstić information content (AvgIpc) is 2.88. The van der Waals surface area contributed by atoms with E-state index in [0.717, 1.165) is 34.4 Å². The molecule has 0 fully saturated rings. The molecule has 1 aliphatic carbocycles. The van der Waals surface area contributed by atoms with Crippen LogP contribution in [0.15, 0.2) is 29.1 Å². The van der Waals surface area contributed by atoms with Crippen LogP contribution in [0.5, 0.6) is 0 Å².